The van der Waals surface area contributed by atoms with E-state index in [9.17, 15) is 14.4 Å². The average molecular weight is 434 g/mol. The number of aromatic nitrogens is 2. The summed E-state index contributed by atoms with van der Waals surface area (Å²) in [5.41, 5.74) is 3.26. The summed E-state index contributed by atoms with van der Waals surface area (Å²) in [4.78, 5) is 46.3. The maximum absolute atomic E-state index is 12.6. The Bertz CT molecular complexity index is 1140. The highest BCUT2D eigenvalue weighted by Crippen LogP contribution is 2.20. The standard InChI is InChI=1S/C24H27N5O3/c1-15(2)12-21-26-18-9-8-17(13-20(18)27-21)25-22(30)11-10-19-23(31)29(24(32)28-19)14-16-6-4-3-5-7-16/h3-9,13,15,19H,10-12,14H2,1-2H3,(H,25,30)(H,26,27)(H,28,32)/t19-/m1/s1. The smallest absolute Gasteiger partial charge is 0.325 e. The van der Waals surface area contributed by atoms with Crippen molar-refractivity contribution in [3.05, 3.63) is 59.9 Å². The molecule has 166 valence electrons. The number of aromatic amines is 1. The number of fused-ring (bicyclic) bond motifs is 1. The summed E-state index contributed by atoms with van der Waals surface area (Å²) in [6.07, 6.45) is 1.22. The lowest BCUT2D eigenvalue weighted by Gasteiger charge is -2.13. The van der Waals surface area contributed by atoms with Crippen molar-refractivity contribution in [1.82, 2.24) is 20.2 Å². The molecule has 0 aliphatic carbocycles. The zero-order chi connectivity index (χ0) is 22.7. The van der Waals surface area contributed by atoms with Crippen LogP contribution >= 0.6 is 0 Å². The number of imidazole rings is 1. The molecular formula is C24H27N5O3. The third kappa shape index (κ3) is 4.96. The predicted molar refractivity (Wildman–Crippen MR) is 122 cm³/mol. The molecule has 1 saturated heterocycles. The number of hydrogen-bond donors (Lipinski definition) is 3. The maximum atomic E-state index is 12.6. The molecule has 3 aromatic rings. The monoisotopic (exact) mass is 433 g/mol. The van der Waals surface area contributed by atoms with E-state index >= 15 is 0 Å². The quantitative estimate of drug-likeness (QED) is 0.472. The predicted octanol–water partition coefficient (Wildman–Crippen LogP) is 3.60. The van der Waals surface area contributed by atoms with Crippen molar-refractivity contribution in [2.45, 2.75) is 45.7 Å². The normalized spacial score (nSPS) is 16.1. The highest BCUT2D eigenvalue weighted by molar-refractivity contribution is 6.04. The van der Waals surface area contributed by atoms with Crippen LogP contribution in [0.2, 0.25) is 0 Å². The van der Waals surface area contributed by atoms with Crippen LogP contribution in [0.25, 0.3) is 11.0 Å². The summed E-state index contributed by atoms with van der Waals surface area (Å²) >= 11 is 0. The van der Waals surface area contributed by atoms with E-state index in [2.05, 4.69) is 34.4 Å². The molecule has 1 aliphatic rings. The number of anilines is 1. The van der Waals surface area contributed by atoms with Crippen LogP contribution in [0.5, 0.6) is 0 Å². The first-order valence-corrected chi connectivity index (χ1v) is 10.8. The molecule has 2 heterocycles. The van der Waals surface area contributed by atoms with E-state index < -0.39 is 12.1 Å². The molecule has 0 saturated carbocycles. The van der Waals surface area contributed by atoms with Crippen LogP contribution in [0, 0.1) is 5.92 Å². The molecule has 3 N–H and O–H groups in total. The minimum Gasteiger partial charge on any atom is -0.342 e. The van der Waals surface area contributed by atoms with E-state index in [4.69, 9.17) is 0 Å². The van der Waals surface area contributed by atoms with Crippen LogP contribution in [0.4, 0.5) is 10.5 Å². The topological polar surface area (TPSA) is 107 Å². The fourth-order valence-electron chi connectivity index (χ4n) is 3.81. The Balaban J connectivity index is 1.32. The van der Waals surface area contributed by atoms with Gasteiger partial charge in [-0.25, -0.2) is 9.78 Å². The zero-order valence-electron chi connectivity index (χ0n) is 18.2. The van der Waals surface area contributed by atoms with Gasteiger partial charge in [-0.3, -0.25) is 14.5 Å². The Morgan fingerprint density at radius 1 is 1.16 bits per heavy atom. The number of H-pyrrole nitrogens is 1. The molecule has 0 unspecified atom stereocenters. The number of hydrogen-bond acceptors (Lipinski definition) is 4. The summed E-state index contributed by atoms with van der Waals surface area (Å²) < 4.78 is 0. The third-order valence-corrected chi connectivity index (χ3v) is 5.37. The van der Waals surface area contributed by atoms with E-state index in [1.54, 1.807) is 0 Å². The number of nitrogens with zero attached hydrogens (tertiary/aromatic N) is 2. The molecule has 4 rings (SSSR count). The second kappa shape index (κ2) is 9.21. The second-order valence-corrected chi connectivity index (χ2v) is 8.51. The molecule has 32 heavy (non-hydrogen) atoms. The molecule has 1 aromatic heterocycles. The first-order valence-electron chi connectivity index (χ1n) is 10.8. The van der Waals surface area contributed by atoms with E-state index in [1.165, 1.54) is 4.90 Å². The van der Waals surface area contributed by atoms with Crippen molar-refractivity contribution in [2.24, 2.45) is 5.92 Å². The van der Waals surface area contributed by atoms with Gasteiger partial charge in [0.2, 0.25) is 5.91 Å². The number of urea groups is 1. The number of carbonyl (C=O) groups is 3. The van der Waals surface area contributed by atoms with Crippen LogP contribution in [0.3, 0.4) is 0 Å². The molecule has 1 aliphatic heterocycles. The lowest BCUT2D eigenvalue weighted by molar-refractivity contribution is -0.128. The lowest BCUT2D eigenvalue weighted by Crippen LogP contribution is -2.31. The average Bonchev–Trinajstić information content (AvgIpc) is 3.27. The highest BCUT2D eigenvalue weighted by atomic mass is 16.2. The van der Waals surface area contributed by atoms with Gasteiger partial charge in [-0.05, 0) is 36.1 Å². The van der Waals surface area contributed by atoms with Gasteiger partial charge in [0.05, 0.1) is 17.6 Å². The Morgan fingerprint density at radius 3 is 2.69 bits per heavy atom. The van der Waals surface area contributed by atoms with E-state index in [0.29, 0.717) is 11.6 Å². The maximum Gasteiger partial charge on any atom is 0.325 e. The van der Waals surface area contributed by atoms with Crippen LogP contribution in [-0.4, -0.2) is 38.8 Å². The minimum absolute atomic E-state index is 0.121. The van der Waals surface area contributed by atoms with Crippen LogP contribution in [-0.2, 0) is 22.6 Å². The third-order valence-electron chi connectivity index (χ3n) is 5.37. The first kappa shape index (κ1) is 21.5. The fourth-order valence-corrected chi connectivity index (χ4v) is 3.81. The number of imide groups is 1. The number of nitrogens with one attached hydrogen (secondary N) is 3. The van der Waals surface area contributed by atoms with Gasteiger partial charge in [-0.1, -0.05) is 44.2 Å². The summed E-state index contributed by atoms with van der Waals surface area (Å²) in [6.45, 7) is 4.49. The van der Waals surface area contributed by atoms with Crippen molar-refractivity contribution in [3.8, 4) is 0 Å². The highest BCUT2D eigenvalue weighted by Gasteiger charge is 2.37. The van der Waals surface area contributed by atoms with Crippen LogP contribution in [0.1, 0.15) is 38.1 Å². The van der Waals surface area contributed by atoms with Gasteiger partial charge >= 0.3 is 6.03 Å². The molecule has 0 spiro atoms. The summed E-state index contributed by atoms with van der Waals surface area (Å²) in [6, 6.07) is 13.8. The zero-order valence-corrected chi connectivity index (χ0v) is 18.2. The van der Waals surface area contributed by atoms with Gasteiger partial charge in [0.1, 0.15) is 11.9 Å². The molecule has 1 fully saturated rings. The van der Waals surface area contributed by atoms with Crippen molar-refractivity contribution in [3.63, 3.8) is 0 Å². The number of rotatable bonds is 8. The number of benzene rings is 2. The Morgan fingerprint density at radius 2 is 1.94 bits per heavy atom. The molecule has 0 radical (unpaired) electrons. The summed E-state index contributed by atoms with van der Waals surface area (Å²) in [5.74, 6) is 0.907. The van der Waals surface area contributed by atoms with Gasteiger partial charge in [0.15, 0.2) is 0 Å². The minimum atomic E-state index is -0.689. The van der Waals surface area contributed by atoms with Crippen molar-refractivity contribution >= 4 is 34.6 Å². The van der Waals surface area contributed by atoms with Crippen molar-refractivity contribution in [1.29, 1.82) is 0 Å². The molecule has 0 bridgehead atoms. The molecule has 8 nitrogen and oxygen atoms in total. The summed E-state index contributed by atoms with van der Waals surface area (Å²) in [5, 5.41) is 5.54. The fraction of sp³-hybridized carbons (Fsp3) is 0.333. The second-order valence-electron chi connectivity index (χ2n) is 8.51. The van der Waals surface area contributed by atoms with Crippen LogP contribution in [0.15, 0.2) is 48.5 Å². The molecular weight excluding hydrogens is 406 g/mol. The molecule has 8 heteroatoms. The van der Waals surface area contributed by atoms with E-state index in [1.807, 2.05) is 48.5 Å². The summed E-state index contributed by atoms with van der Waals surface area (Å²) in [7, 11) is 0. The van der Waals surface area contributed by atoms with Gasteiger partial charge in [0, 0.05) is 18.5 Å². The molecule has 4 amide bonds. The van der Waals surface area contributed by atoms with E-state index in [0.717, 1.165) is 28.8 Å². The Labute approximate surface area is 186 Å². The van der Waals surface area contributed by atoms with E-state index in [-0.39, 0.29) is 31.2 Å². The van der Waals surface area contributed by atoms with Gasteiger partial charge in [-0.2, -0.15) is 0 Å². The SMILES string of the molecule is CC(C)Cc1nc2ccc(NC(=O)CC[C@H]3NC(=O)N(Cc4ccccc4)C3=O)cc2[nH]1. The van der Waals surface area contributed by atoms with Crippen molar-refractivity contribution in [2.75, 3.05) is 5.32 Å². The number of carbonyl (C=O) groups excluding carboxylic acids is 3. The number of amides is 4. The van der Waals surface area contributed by atoms with Crippen molar-refractivity contribution < 1.29 is 14.4 Å². The largest absolute Gasteiger partial charge is 0.342 e. The van der Waals surface area contributed by atoms with Gasteiger partial charge in [-0.15, -0.1) is 0 Å². The Hall–Kier alpha value is -3.68. The first-order chi connectivity index (χ1) is 15.4. The molecule has 2 aromatic carbocycles. The molecule has 1 atom stereocenters. The van der Waals surface area contributed by atoms with Gasteiger partial charge < -0.3 is 15.6 Å². The lowest BCUT2D eigenvalue weighted by atomic mass is 10.1. The Kier molecular flexibility index (Phi) is 6.20. The van der Waals surface area contributed by atoms with Crippen LogP contribution < -0.4 is 10.6 Å². The van der Waals surface area contributed by atoms with Gasteiger partial charge in [0.25, 0.3) is 5.91 Å².